The highest BCUT2D eigenvalue weighted by atomic mass is 19.4. The van der Waals surface area contributed by atoms with Gasteiger partial charge in [-0.25, -0.2) is 4.68 Å². The van der Waals surface area contributed by atoms with Crippen LogP contribution in [0.2, 0.25) is 0 Å². The molecule has 0 radical (unpaired) electrons. The number of benzene rings is 4. The summed E-state index contributed by atoms with van der Waals surface area (Å²) in [6.45, 7) is -0.170. The standard InChI is InChI=1S/C26H19F3N4O/c27-26(28,29)24-14-23(33(32-24)20-11-9-19(10-12-20)31-25(34)15-30)18-8-7-17-6-5-16-3-1-2-4-21(16)22(17)13-18/h1-14H,15,30H2,(H,31,34). The van der Waals surface area contributed by atoms with Gasteiger partial charge in [0.25, 0.3) is 0 Å². The molecule has 0 spiro atoms. The normalized spacial score (nSPS) is 11.8. The van der Waals surface area contributed by atoms with Crippen molar-refractivity contribution in [1.82, 2.24) is 9.78 Å². The van der Waals surface area contributed by atoms with E-state index in [2.05, 4.69) is 10.4 Å². The van der Waals surface area contributed by atoms with Gasteiger partial charge < -0.3 is 11.1 Å². The van der Waals surface area contributed by atoms with E-state index in [0.717, 1.165) is 27.6 Å². The van der Waals surface area contributed by atoms with E-state index in [1.807, 2.05) is 48.5 Å². The Balaban J connectivity index is 1.65. The van der Waals surface area contributed by atoms with Gasteiger partial charge in [0, 0.05) is 11.3 Å². The first-order valence-corrected chi connectivity index (χ1v) is 10.5. The van der Waals surface area contributed by atoms with Gasteiger partial charge in [0.15, 0.2) is 5.69 Å². The molecule has 4 aromatic carbocycles. The molecule has 1 amide bonds. The van der Waals surface area contributed by atoms with Crippen LogP contribution in [0.4, 0.5) is 18.9 Å². The van der Waals surface area contributed by atoms with Crippen molar-refractivity contribution in [2.24, 2.45) is 5.73 Å². The number of fused-ring (bicyclic) bond motifs is 3. The highest BCUT2D eigenvalue weighted by Crippen LogP contribution is 2.35. The van der Waals surface area contributed by atoms with E-state index in [-0.39, 0.29) is 12.5 Å². The summed E-state index contributed by atoms with van der Waals surface area (Å²) in [5.41, 5.74) is 6.15. The van der Waals surface area contributed by atoms with Gasteiger partial charge in [-0.1, -0.05) is 48.5 Å². The average Bonchev–Trinajstić information content (AvgIpc) is 3.30. The molecule has 5 aromatic rings. The third-order valence-electron chi connectivity index (χ3n) is 5.62. The Hall–Kier alpha value is -4.17. The zero-order valence-electron chi connectivity index (χ0n) is 17.8. The SMILES string of the molecule is NCC(=O)Nc1ccc(-n2nc(C(F)(F)F)cc2-c2ccc3ccc4ccccc4c3c2)cc1. The van der Waals surface area contributed by atoms with Crippen LogP contribution in [0.15, 0.2) is 84.9 Å². The molecule has 0 saturated carbocycles. The molecule has 1 heterocycles. The second-order valence-electron chi connectivity index (χ2n) is 7.85. The lowest BCUT2D eigenvalue weighted by Gasteiger charge is -2.11. The molecule has 3 N–H and O–H groups in total. The Labute approximate surface area is 192 Å². The summed E-state index contributed by atoms with van der Waals surface area (Å²) in [4.78, 5) is 11.5. The fourth-order valence-corrected chi connectivity index (χ4v) is 3.98. The van der Waals surface area contributed by atoms with Crippen molar-refractivity contribution in [2.75, 3.05) is 11.9 Å². The van der Waals surface area contributed by atoms with E-state index in [1.165, 1.54) is 4.68 Å². The van der Waals surface area contributed by atoms with Crippen LogP contribution >= 0.6 is 0 Å². The summed E-state index contributed by atoms with van der Waals surface area (Å²) in [6.07, 6.45) is -4.60. The molecule has 0 saturated heterocycles. The van der Waals surface area contributed by atoms with Gasteiger partial charge in [-0.05, 0) is 57.9 Å². The van der Waals surface area contributed by atoms with Crippen molar-refractivity contribution in [3.63, 3.8) is 0 Å². The first kappa shape index (κ1) is 21.7. The van der Waals surface area contributed by atoms with E-state index in [0.29, 0.717) is 22.6 Å². The van der Waals surface area contributed by atoms with Gasteiger partial charge >= 0.3 is 6.18 Å². The predicted molar refractivity (Wildman–Crippen MR) is 127 cm³/mol. The minimum Gasteiger partial charge on any atom is -0.325 e. The Bertz CT molecular complexity index is 1520. The van der Waals surface area contributed by atoms with Crippen molar-refractivity contribution in [2.45, 2.75) is 6.18 Å². The topological polar surface area (TPSA) is 72.9 Å². The number of amides is 1. The molecule has 0 aliphatic carbocycles. The van der Waals surface area contributed by atoms with Crippen molar-refractivity contribution in [3.05, 3.63) is 90.6 Å². The van der Waals surface area contributed by atoms with Crippen molar-refractivity contribution in [3.8, 4) is 16.9 Å². The van der Waals surface area contributed by atoms with E-state index in [9.17, 15) is 18.0 Å². The highest BCUT2D eigenvalue weighted by molar-refractivity contribution is 6.08. The van der Waals surface area contributed by atoms with Crippen LogP contribution < -0.4 is 11.1 Å². The van der Waals surface area contributed by atoms with Crippen LogP contribution in [0, 0.1) is 0 Å². The zero-order valence-corrected chi connectivity index (χ0v) is 17.8. The lowest BCUT2D eigenvalue weighted by Crippen LogP contribution is -2.21. The maximum atomic E-state index is 13.6. The Morgan fingerprint density at radius 1 is 0.882 bits per heavy atom. The Morgan fingerprint density at radius 2 is 1.56 bits per heavy atom. The summed E-state index contributed by atoms with van der Waals surface area (Å²) in [5.74, 6) is -0.365. The monoisotopic (exact) mass is 460 g/mol. The van der Waals surface area contributed by atoms with Crippen LogP contribution in [0.3, 0.4) is 0 Å². The van der Waals surface area contributed by atoms with Crippen molar-refractivity contribution in [1.29, 1.82) is 0 Å². The lowest BCUT2D eigenvalue weighted by molar-refractivity contribution is -0.141. The van der Waals surface area contributed by atoms with Gasteiger partial charge in [-0.15, -0.1) is 0 Å². The summed E-state index contributed by atoms with van der Waals surface area (Å²) in [5, 5.41) is 10.5. The van der Waals surface area contributed by atoms with E-state index < -0.39 is 11.9 Å². The first-order chi connectivity index (χ1) is 16.3. The van der Waals surface area contributed by atoms with E-state index >= 15 is 0 Å². The number of alkyl halides is 3. The van der Waals surface area contributed by atoms with E-state index in [4.69, 9.17) is 5.73 Å². The fraction of sp³-hybridized carbons (Fsp3) is 0.0769. The molecular formula is C26H19F3N4O. The zero-order chi connectivity index (χ0) is 23.9. The number of hydrogen-bond acceptors (Lipinski definition) is 3. The molecule has 0 fully saturated rings. The number of anilines is 1. The number of carbonyl (C=O) groups excluding carboxylic acids is 1. The molecule has 34 heavy (non-hydrogen) atoms. The quantitative estimate of drug-likeness (QED) is 0.335. The van der Waals surface area contributed by atoms with Crippen LogP contribution in [0.25, 0.3) is 38.5 Å². The minimum absolute atomic E-state index is 0.170. The number of nitrogens with one attached hydrogen (secondary N) is 1. The summed E-state index contributed by atoms with van der Waals surface area (Å²) in [6, 6.07) is 24.9. The van der Waals surface area contributed by atoms with Crippen LogP contribution in [-0.4, -0.2) is 22.2 Å². The number of carbonyl (C=O) groups is 1. The molecule has 5 rings (SSSR count). The van der Waals surface area contributed by atoms with Crippen LogP contribution in [-0.2, 0) is 11.0 Å². The van der Waals surface area contributed by atoms with Crippen molar-refractivity contribution >= 4 is 33.1 Å². The average molecular weight is 460 g/mol. The second kappa shape index (κ2) is 8.31. The Morgan fingerprint density at radius 3 is 2.26 bits per heavy atom. The van der Waals surface area contributed by atoms with Crippen LogP contribution in [0.5, 0.6) is 0 Å². The molecule has 5 nitrogen and oxygen atoms in total. The third kappa shape index (κ3) is 3.99. The molecule has 0 aliphatic heterocycles. The number of nitrogens with two attached hydrogens (primary N) is 1. The van der Waals surface area contributed by atoms with Gasteiger partial charge in [-0.3, -0.25) is 4.79 Å². The molecule has 0 unspecified atom stereocenters. The molecule has 0 bridgehead atoms. The lowest BCUT2D eigenvalue weighted by atomic mass is 9.99. The summed E-state index contributed by atoms with van der Waals surface area (Å²) >= 11 is 0. The number of hydrogen-bond donors (Lipinski definition) is 2. The maximum Gasteiger partial charge on any atom is 0.435 e. The highest BCUT2D eigenvalue weighted by Gasteiger charge is 2.35. The molecule has 1 aromatic heterocycles. The molecule has 0 atom stereocenters. The molecule has 8 heteroatoms. The minimum atomic E-state index is -4.60. The van der Waals surface area contributed by atoms with E-state index in [1.54, 1.807) is 30.3 Å². The smallest absolute Gasteiger partial charge is 0.325 e. The van der Waals surface area contributed by atoms with Gasteiger partial charge in [0.2, 0.25) is 5.91 Å². The maximum absolute atomic E-state index is 13.6. The second-order valence-corrected chi connectivity index (χ2v) is 7.85. The van der Waals surface area contributed by atoms with Gasteiger partial charge in [-0.2, -0.15) is 18.3 Å². The third-order valence-corrected chi connectivity index (χ3v) is 5.62. The molecule has 170 valence electrons. The summed E-state index contributed by atoms with van der Waals surface area (Å²) < 4.78 is 42.0. The molecular weight excluding hydrogens is 441 g/mol. The largest absolute Gasteiger partial charge is 0.435 e. The fourth-order valence-electron chi connectivity index (χ4n) is 3.98. The predicted octanol–water partition coefficient (Wildman–Crippen LogP) is 5.76. The van der Waals surface area contributed by atoms with Crippen molar-refractivity contribution < 1.29 is 18.0 Å². The number of halogens is 3. The Kier molecular flexibility index (Phi) is 5.30. The number of nitrogens with zero attached hydrogens (tertiary/aromatic N) is 2. The molecule has 0 aliphatic rings. The van der Waals surface area contributed by atoms with Gasteiger partial charge in [0.1, 0.15) is 0 Å². The first-order valence-electron chi connectivity index (χ1n) is 10.5. The number of rotatable bonds is 4. The summed E-state index contributed by atoms with van der Waals surface area (Å²) in [7, 11) is 0. The van der Waals surface area contributed by atoms with Crippen LogP contribution in [0.1, 0.15) is 5.69 Å². The number of aromatic nitrogens is 2. The van der Waals surface area contributed by atoms with Gasteiger partial charge in [0.05, 0.1) is 17.9 Å².